The fourth-order valence-corrected chi connectivity index (χ4v) is 0.866. The third-order valence-corrected chi connectivity index (χ3v) is 1.47. The van der Waals surface area contributed by atoms with E-state index >= 15 is 0 Å². The Hall–Kier alpha value is -1.81. The van der Waals surface area contributed by atoms with Gasteiger partial charge in [0, 0.05) is 0 Å². The van der Waals surface area contributed by atoms with Gasteiger partial charge in [-0.25, -0.2) is 0 Å². The lowest BCUT2D eigenvalue weighted by molar-refractivity contribution is 1.51. The average Bonchev–Trinajstić information content (AvgIpc) is 2.16. The molecule has 1 rings (SSSR count). The molecule has 0 spiro atoms. The second-order valence-corrected chi connectivity index (χ2v) is 2.33. The molecule has 1 heteroatoms. The summed E-state index contributed by atoms with van der Waals surface area (Å²) >= 11 is 0. The molecule has 0 aliphatic carbocycles. The van der Waals surface area contributed by atoms with Gasteiger partial charge in [-0.05, 0) is 11.6 Å². The van der Waals surface area contributed by atoms with Crippen LogP contribution >= 0.6 is 0 Å². The summed E-state index contributed by atoms with van der Waals surface area (Å²) in [6.07, 6.45) is 3.35. The van der Waals surface area contributed by atoms with E-state index in [0.717, 1.165) is 5.56 Å². The van der Waals surface area contributed by atoms with Crippen molar-refractivity contribution in [2.24, 2.45) is 0 Å². The van der Waals surface area contributed by atoms with Crippen LogP contribution < -0.4 is 0 Å². The zero-order valence-corrected chi connectivity index (χ0v) is 6.70. The summed E-state index contributed by atoms with van der Waals surface area (Å²) < 4.78 is 0. The van der Waals surface area contributed by atoms with E-state index in [4.69, 9.17) is 5.26 Å². The van der Waals surface area contributed by atoms with Crippen molar-refractivity contribution in [1.29, 1.82) is 5.26 Å². The summed E-state index contributed by atoms with van der Waals surface area (Å²) in [5.41, 5.74) is 1.61. The summed E-state index contributed by atoms with van der Waals surface area (Å²) in [4.78, 5) is 0. The predicted molar refractivity (Wildman–Crippen MR) is 50.2 cm³/mol. The molecule has 0 N–H and O–H groups in total. The van der Waals surface area contributed by atoms with Crippen LogP contribution in [-0.2, 0) is 0 Å². The third kappa shape index (κ3) is 2.10. The van der Waals surface area contributed by atoms with Crippen LogP contribution in [0.25, 0.3) is 6.08 Å². The number of hydrogen-bond acceptors (Lipinski definition) is 1. The zero-order chi connectivity index (χ0) is 8.81. The molecule has 0 fully saturated rings. The Morgan fingerprint density at radius 2 is 2.00 bits per heavy atom. The summed E-state index contributed by atoms with van der Waals surface area (Å²) in [5.74, 6) is 0. The van der Waals surface area contributed by atoms with Crippen LogP contribution in [0.4, 0.5) is 0 Å². The minimum Gasteiger partial charge on any atom is -0.192 e. The highest BCUT2D eigenvalue weighted by molar-refractivity contribution is 5.60. The van der Waals surface area contributed by atoms with Crippen LogP contribution in [0.15, 0.2) is 48.6 Å². The van der Waals surface area contributed by atoms with Crippen molar-refractivity contribution < 1.29 is 0 Å². The van der Waals surface area contributed by atoms with Crippen LogP contribution in [0.5, 0.6) is 0 Å². The van der Waals surface area contributed by atoms with Crippen LogP contribution in [0, 0.1) is 11.3 Å². The Morgan fingerprint density at radius 3 is 2.50 bits per heavy atom. The van der Waals surface area contributed by atoms with Gasteiger partial charge >= 0.3 is 0 Å². The van der Waals surface area contributed by atoms with Crippen molar-refractivity contribution in [3.63, 3.8) is 0 Å². The molecule has 0 heterocycles. The van der Waals surface area contributed by atoms with Gasteiger partial charge < -0.3 is 0 Å². The van der Waals surface area contributed by atoms with Gasteiger partial charge in [0.05, 0.1) is 11.6 Å². The number of nitriles is 1. The van der Waals surface area contributed by atoms with Crippen LogP contribution in [0.1, 0.15) is 5.56 Å². The number of hydrogen-bond donors (Lipinski definition) is 0. The molecular weight excluding hydrogens is 146 g/mol. The van der Waals surface area contributed by atoms with E-state index in [-0.39, 0.29) is 0 Å². The number of rotatable bonds is 2. The van der Waals surface area contributed by atoms with Crippen molar-refractivity contribution >= 4 is 6.08 Å². The van der Waals surface area contributed by atoms with E-state index in [1.54, 1.807) is 12.2 Å². The Bertz CT molecular complexity index is 328. The molecule has 0 unspecified atom stereocenters. The molecule has 0 atom stereocenters. The molecule has 0 aromatic heterocycles. The van der Waals surface area contributed by atoms with E-state index in [1.165, 1.54) is 0 Å². The second-order valence-electron chi connectivity index (χ2n) is 2.33. The smallest absolute Gasteiger partial charge is 0.0991 e. The Morgan fingerprint density at radius 1 is 1.33 bits per heavy atom. The summed E-state index contributed by atoms with van der Waals surface area (Å²) in [6, 6.07) is 11.7. The van der Waals surface area contributed by atoms with E-state index in [0.29, 0.717) is 5.57 Å². The Labute approximate surface area is 72.3 Å². The molecule has 0 aliphatic heterocycles. The standard InChI is InChI=1S/C11H9N/c1-2-10(9-12)8-11-6-4-3-5-7-11/h2-8H,1H2/b10-8+. The lowest BCUT2D eigenvalue weighted by Crippen LogP contribution is -1.73. The highest BCUT2D eigenvalue weighted by Crippen LogP contribution is 2.05. The first-order valence-electron chi connectivity index (χ1n) is 3.66. The van der Waals surface area contributed by atoms with Gasteiger partial charge in [-0.1, -0.05) is 43.0 Å². The SMILES string of the molecule is C=C/C(C#N)=C\c1ccccc1. The number of allylic oxidation sites excluding steroid dienone is 2. The predicted octanol–water partition coefficient (Wildman–Crippen LogP) is 2.78. The molecule has 0 amide bonds. The maximum atomic E-state index is 8.60. The molecule has 0 bridgehead atoms. The largest absolute Gasteiger partial charge is 0.192 e. The molecule has 0 radical (unpaired) electrons. The molecule has 0 aliphatic rings. The first-order valence-corrected chi connectivity index (χ1v) is 3.66. The molecule has 12 heavy (non-hydrogen) atoms. The monoisotopic (exact) mass is 155 g/mol. The minimum absolute atomic E-state index is 0.584. The third-order valence-electron chi connectivity index (χ3n) is 1.47. The fraction of sp³-hybridized carbons (Fsp3) is 0. The van der Waals surface area contributed by atoms with Gasteiger partial charge in [0.15, 0.2) is 0 Å². The molecule has 1 aromatic rings. The maximum Gasteiger partial charge on any atom is 0.0991 e. The molecule has 1 nitrogen and oxygen atoms in total. The zero-order valence-electron chi connectivity index (χ0n) is 6.70. The second kappa shape index (κ2) is 4.15. The van der Waals surface area contributed by atoms with Gasteiger partial charge in [0.25, 0.3) is 0 Å². The van der Waals surface area contributed by atoms with Crippen LogP contribution in [-0.4, -0.2) is 0 Å². The minimum atomic E-state index is 0.584. The van der Waals surface area contributed by atoms with Crippen molar-refractivity contribution in [2.75, 3.05) is 0 Å². The topological polar surface area (TPSA) is 23.8 Å². The van der Waals surface area contributed by atoms with E-state index in [9.17, 15) is 0 Å². The Kier molecular flexibility index (Phi) is 2.87. The Balaban J connectivity index is 2.96. The summed E-state index contributed by atoms with van der Waals surface area (Å²) in [6.45, 7) is 3.54. The van der Waals surface area contributed by atoms with Gasteiger partial charge in [0.1, 0.15) is 0 Å². The van der Waals surface area contributed by atoms with Gasteiger partial charge in [-0.3, -0.25) is 0 Å². The van der Waals surface area contributed by atoms with E-state index in [2.05, 4.69) is 6.58 Å². The van der Waals surface area contributed by atoms with Crippen LogP contribution in [0.3, 0.4) is 0 Å². The maximum absolute atomic E-state index is 8.60. The number of nitrogens with zero attached hydrogens (tertiary/aromatic N) is 1. The first-order chi connectivity index (χ1) is 5.86. The van der Waals surface area contributed by atoms with E-state index in [1.807, 2.05) is 36.4 Å². The lowest BCUT2D eigenvalue weighted by atomic mass is 10.1. The van der Waals surface area contributed by atoms with E-state index < -0.39 is 0 Å². The molecule has 0 saturated heterocycles. The molecule has 58 valence electrons. The lowest BCUT2D eigenvalue weighted by Gasteiger charge is -1.90. The summed E-state index contributed by atoms with van der Waals surface area (Å²) in [7, 11) is 0. The van der Waals surface area contributed by atoms with Crippen molar-refractivity contribution in [1.82, 2.24) is 0 Å². The van der Waals surface area contributed by atoms with Crippen molar-refractivity contribution in [3.05, 3.63) is 54.1 Å². The van der Waals surface area contributed by atoms with Gasteiger partial charge in [0.2, 0.25) is 0 Å². The number of benzene rings is 1. The van der Waals surface area contributed by atoms with Gasteiger partial charge in [-0.2, -0.15) is 5.26 Å². The van der Waals surface area contributed by atoms with Crippen LogP contribution in [0.2, 0.25) is 0 Å². The van der Waals surface area contributed by atoms with Gasteiger partial charge in [-0.15, -0.1) is 0 Å². The first kappa shape index (κ1) is 8.29. The average molecular weight is 155 g/mol. The highest BCUT2D eigenvalue weighted by atomic mass is 14.2. The molecule has 1 aromatic carbocycles. The van der Waals surface area contributed by atoms with Crippen molar-refractivity contribution in [3.8, 4) is 6.07 Å². The normalized spacial score (nSPS) is 10.4. The summed E-state index contributed by atoms with van der Waals surface area (Å²) in [5, 5.41) is 8.60. The quantitative estimate of drug-likeness (QED) is 0.476. The molecular formula is C11H9N. The van der Waals surface area contributed by atoms with Crippen molar-refractivity contribution in [2.45, 2.75) is 0 Å². The molecule has 0 saturated carbocycles. The highest BCUT2D eigenvalue weighted by Gasteiger charge is 1.88. The fourth-order valence-electron chi connectivity index (χ4n) is 0.866.